The van der Waals surface area contributed by atoms with Crippen LogP contribution >= 0.6 is 0 Å². The van der Waals surface area contributed by atoms with Crippen molar-refractivity contribution in [3.8, 4) is 22.5 Å². The molecule has 0 spiro atoms. The fourth-order valence-corrected chi connectivity index (χ4v) is 3.10. The largest absolute Gasteiger partial charge is 0.371 e. The number of nitrogens with one attached hydrogen (secondary N) is 1. The van der Waals surface area contributed by atoms with Gasteiger partial charge in [-0.2, -0.15) is 0 Å². The highest BCUT2D eigenvalue weighted by Gasteiger charge is 2.15. The van der Waals surface area contributed by atoms with Gasteiger partial charge in [-0.1, -0.05) is 42.5 Å². The predicted molar refractivity (Wildman–Crippen MR) is 113 cm³/mol. The molecule has 4 aromatic rings. The zero-order valence-corrected chi connectivity index (χ0v) is 15.3. The first kappa shape index (κ1) is 17.5. The van der Waals surface area contributed by atoms with Gasteiger partial charge in [0.25, 0.3) is 0 Å². The van der Waals surface area contributed by atoms with Crippen molar-refractivity contribution in [2.75, 3.05) is 12.4 Å². The number of nitrogens with zero attached hydrogens (tertiary/aromatic N) is 3. The van der Waals surface area contributed by atoms with Gasteiger partial charge < -0.3 is 5.32 Å². The number of pyridine rings is 1. The third-order valence-electron chi connectivity index (χ3n) is 4.42. The van der Waals surface area contributed by atoms with Gasteiger partial charge in [-0.3, -0.25) is 9.78 Å². The van der Waals surface area contributed by atoms with Gasteiger partial charge in [-0.25, -0.2) is 9.97 Å². The van der Waals surface area contributed by atoms with E-state index in [4.69, 9.17) is 9.97 Å². The minimum Gasteiger partial charge on any atom is -0.371 e. The van der Waals surface area contributed by atoms with Gasteiger partial charge in [0.1, 0.15) is 12.0 Å². The van der Waals surface area contributed by atoms with Crippen LogP contribution < -0.4 is 5.32 Å². The Bertz CT molecular complexity index is 1170. The molecule has 0 fully saturated rings. The van der Waals surface area contributed by atoms with Crippen molar-refractivity contribution in [1.82, 2.24) is 15.0 Å². The lowest BCUT2D eigenvalue weighted by Crippen LogP contribution is -2.03. The van der Waals surface area contributed by atoms with E-state index in [0.29, 0.717) is 11.5 Å². The number of hydrogen-bond donors (Lipinski definition) is 1. The summed E-state index contributed by atoms with van der Waals surface area (Å²) in [6.07, 6.45) is 5.59. The Hall–Kier alpha value is -3.86. The summed E-state index contributed by atoms with van der Waals surface area (Å²) in [5.41, 5.74) is 4.97. The second-order valence-corrected chi connectivity index (χ2v) is 6.18. The van der Waals surface area contributed by atoms with Crippen LogP contribution in [0, 0.1) is 0 Å². The molecule has 0 aliphatic heterocycles. The molecule has 2 heterocycles. The van der Waals surface area contributed by atoms with Gasteiger partial charge in [0.15, 0.2) is 5.82 Å². The summed E-state index contributed by atoms with van der Waals surface area (Å²) in [4.78, 5) is 24.8. The summed E-state index contributed by atoms with van der Waals surface area (Å²) in [5, 5.41) is 4.10. The number of carbonyl (C=O) groups is 1. The number of fused-ring (bicyclic) bond motifs is 1. The van der Waals surface area contributed by atoms with E-state index < -0.39 is 0 Å². The smallest absolute Gasteiger partial charge is 0.152 e. The second kappa shape index (κ2) is 7.80. The summed E-state index contributed by atoms with van der Waals surface area (Å²) in [7, 11) is 1.79. The molecule has 0 unspecified atom stereocenters. The van der Waals surface area contributed by atoms with Crippen LogP contribution in [0.4, 0.5) is 5.82 Å². The van der Waals surface area contributed by atoms with Crippen molar-refractivity contribution in [2.24, 2.45) is 0 Å². The van der Waals surface area contributed by atoms with Crippen molar-refractivity contribution in [3.63, 3.8) is 0 Å². The van der Waals surface area contributed by atoms with E-state index in [1.807, 2.05) is 54.6 Å². The molecule has 1 N–H and O–H groups in total. The normalized spacial score (nSPS) is 11.0. The quantitative estimate of drug-likeness (QED) is 0.413. The third kappa shape index (κ3) is 3.38. The minimum atomic E-state index is 0.607. The summed E-state index contributed by atoms with van der Waals surface area (Å²) < 4.78 is 0. The molecular formula is C23H18N4O. The van der Waals surface area contributed by atoms with E-state index in [-0.39, 0.29) is 0 Å². The third-order valence-corrected chi connectivity index (χ3v) is 4.42. The first-order valence-electron chi connectivity index (χ1n) is 8.92. The summed E-state index contributed by atoms with van der Waals surface area (Å²) >= 11 is 0. The molecule has 0 saturated heterocycles. The molecule has 0 aliphatic carbocycles. The highest BCUT2D eigenvalue weighted by molar-refractivity contribution is 5.88. The fourth-order valence-electron chi connectivity index (χ4n) is 3.10. The number of hydrogen-bond acceptors (Lipinski definition) is 5. The van der Waals surface area contributed by atoms with Gasteiger partial charge in [0.2, 0.25) is 0 Å². The maximum absolute atomic E-state index is 10.8. The number of rotatable bonds is 5. The first-order chi connectivity index (χ1) is 13.8. The minimum absolute atomic E-state index is 0.607. The Labute approximate surface area is 162 Å². The van der Waals surface area contributed by atoms with Gasteiger partial charge in [-0.05, 0) is 30.4 Å². The molecule has 0 radical (unpaired) electrons. The maximum Gasteiger partial charge on any atom is 0.152 e. The van der Waals surface area contributed by atoms with E-state index >= 15 is 0 Å². The lowest BCUT2D eigenvalue weighted by Gasteiger charge is -2.13. The summed E-state index contributed by atoms with van der Waals surface area (Å²) in [6.45, 7) is 0. The van der Waals surface area contributed by atoms with Crippen molar-refractivity contribution in [1.29, 1.82) is 0 Å². The molecule has 2 aromatic carbocycles. The van der Waals surface area contributed by atoms with Gasteiger partial charge in [0, 0.05) is 29.8 Å². The molecular weight excluding hydrogens is 348 g/mol. The Morgan fingerprint density at radius 1 is 0.893 bits per heavy atom. The monoisotopic (exact) mass is 366 g/mol. The summed E-state index contributed by atoms with van der Waals surface area (Å²) in [5.74, 6) is 0.614. The van der Waals surface area contributed by atoms with Crippen LogP contribution in [-0.2, 0) is 4.79 Å². The van der Waals surface area contributed by atoms with Crippen LogP contribution in [0.5, 0.6) is 0 Å². The predicted octanol–water partition coefficient (Wildman–Crippen LogP) is 4.61. The molecule has 0 aliphatic rings. The van der Waals surface area contributed by atoms with Crippen LogP contribution in [0.25, 0.3) is 39.5 Å². The van der Waals surface area contributed by atoms with Crippen molar-refractivity contribution < 1.29 is 4.79 Å². The number of benzene rings is 2. The highest BCUT2D eigenvalue weighted by Crippen LogP contribution is 2.33. The van der Waals surface area contributed by atoms with E-state index in [2.05, 4.69) is 16.4 Å². The zero-order valence-electron chi connectivity index (χ0n) is 15.3. The van der Waals surface area contributed by atoms with Gasteiger partial charge in [0.05, 0.1) is 16.9 Å². The molecule has 136 valence electrons. The average molecular weight is 366 g/mol. The molecule has 0 bridgehead atoms. The number of carbonyl (C=O) groups excluding carboxylic acids is 1. The molecule has 5 nitrogen and oxygen atoms in total. The van der Waals surface area contributed by atoms with E-state index in [9.17, 15) is 4.79 Å². The molecule has 4 rings (SSSR count). The van der Waals surface area contributed by atoms with Gasteiger partial charge >= 0.3 is 0 Å². The SMILES string of the molecule is CNc1nc(-c2ccccc2)c(-c2ccc3ncccc3c2)nc1/C=C\C=O. The maximum atomic E-state index is 10.8. The Morgan fingerprint density at radius 2 is 1.71 bits per heavy atom. The lowest BCUT2D eigenvalue weighted by molar-refractivity contribution is -0.104. The standard InChI is InChI=1S/C23H18N4O/c1-24-23-20(10-6-14-28)26-22(21(27-23)16-7-3-2-4-8-16)18-11-12-19-17(15-18)9-5-13-25-19/h2-15H,1H3,(H,24,27)/b10-6-. The van der Waals surface area contributed by atoms with Gasteiger partial charge in [-0.15, -0.1) is 0 Å². The molecule has 0 atom stereocenters. The van der Waals surface area contributed by atoms with Crippen molar-refractivity contribution >= 4 is 29.1 Å². The Kier molecular flexibility index (Phi) is 4.89. The number of anilines is 1. The first-order valence-corrected chi connectivity index (χ1v) is 8.92. The molecule has 5 heteroatoms. The molecule has 2 aromatic heterocycles. The lowest BCUT2D eigenvalue weighted by atomic mass is 10.0. The molecule has 0 saturated carbocycles. The second-order valence-electron chi connectivity index (χ2n) is 6.18. The fraction of sp³-hybridized carbons (Fsp3) is 0.0435. The van der Waals surface area contributed by atoms with E-state index in [1.165, 1.54) is 6.08 Å². The average Bonchev–Trinajstić information content (AvgIpc) is 2.77. The van der Waals surface area contributed by atoms with Crippen LogP contribution in [0.3, 0.4) is 0 Å². The topological polar surface area (TPSA) is 67.8 Å². The molecule has 28 heavy (non-hydrogen) atoms. The molecule has 0 amide bonds. The van der Waals surface area contributed by atoms with Crippen molar-refractivity contribution in [2.45, 2.75) is 0 Å². The van der Waals surface area contributed by atoms with Crippen LogP contribution in [0.2, 0.25) is 0 Å². The van der Waals surface area contributed by atoms with Crippen molar-refractivity contribution in [3.05, 3.63) is 78.6 Å². The van der Waals surface area contributed by atoms with Crippen LogP contribution in [0.15, 0.2) is 72.9 Å². The highest BCUT2D eigenvalue weighted by atomic mass is 16.1. The number of allylic oxidation sites excluding steroid dienone is 1. The number of aromatic nitrogens is 3. The van der Waals surface area contributed by atoms with Crippen LogP contribution in [0.1, 0.15) is 5.69 Å². The zero-order chi connectivity index (χ0) is 19.3. The summed E-state index contributed by atoms with van der Waals surface area (Å²) in [6, 6.07) is 19.9. The van der Waals surface area contributed by atoms with E-state index in [0.717, 1.165) is 39.7 Å². The number of aldehydes is 1. The Morgan fingerprint density at radius 3 is 2.50 bits per heavy atom. The van der Waals surface area contributed by atoms with E-state index in [1.54, 1.807) is 19.3 Å². The van der Waals surface area contributed by atoms with Crippen LogP contribution in [-0.4, -0.2) is 28.3 Å². The Balaban J connectivity index is 1.98.